The fourth-order valence-corrected chi connectivity index (χ4v) is 0.600. The van der Waals surface area contributed by atoms with Gasteiger partial charge in [0.15, 0.2) is 0 Å². The van der Waals surface area contributed by atoms with E-state index in [1.165, 1.54) is 0 Å². The van der Waals surface area contributed by atoms with E-state index in [-0.39, 0.29) is 18.6 Å². The molecule has 1 atom stereocenters. The molecule has 14 heavy (non-hydrogen) atoms. The second-order valence-electron chi connectivity index (χ2n) is 2.16. The summed E-state index contributed by atoms with van der Waals surface area (Å²) in [5, 5.41) is 11.4. The van der Waals surface area contributed by atoms with Crippen molar-refractivity contribution in [2.75, 3.05) is 0 Å². The summed E-state index contributed by atoms with van der Waals surface area (Å²) in [6.45, 7) is 5.62. The molecule has 0 aliphatic rings. The highest BCUT2D eigenvalue weighted by Crippen LogP contribution is 2.01. The average Bonchev–Trinajstić information content (AvgIpc) is 2.19. The third-order valence-electron chi connectivity index (χ3n) is 1.29. The first kappa shape index (κ1) is 14.9. The maximum atomic E-state index is 10.8. The molecule has 0 radical (unpaired) electrons. The van der Waals surface area contributed by atoms with Gasteiger partial charge in [0.2, 0.25) is 0 Å². The molecule has 0 bridgehead atoms. The Morgan fingerprint density at radius 1 is 1.50 bits per heavy atom. The molecule has 0 rings (SSSR count). The lowest BCUT2D eigenvalue weighted by atomic mass is 10.1. The van der Waals surface area contributed by atoms with Gasteiger partial charge in [0.1, 0.15) is 11.8 Å². The molecule has 1 N–H and O–H groups in total. The van der Waals surface area contributed by atoms with Crippen LogP contribution in [0.1, 0.15) is 33.6 Å². The Balaban J connectivity index is 0. The van der Waals surface area contributed by atoms with Crippen LogP contribution in [0.3, 0.4) is 0 Å². The van der Waals surface area contributed by atoms with Gasteiger partial charge < -0.3 is 5.11 Å². The summed E-state index contributed by atoms with van der Waals surface area (Å²) in [7, 11) is 0. The Morgan fingerprint density at radius 2 is 2.00 bits per heavy atom. The maximum absolute atomic E-state index is 10.8. The van der Waals surface area contributed by atoms with E-state index in [0.29, 0.717) is 0 Å². The van der Waals surface area contributed by atoms with Crippen LogP contribution in [-0.4, -0.2) is 22.9 Å². The minimum absolute atomic E-state index is 0.226. The maximum Gasteiger partial charge on any atom is 0.312 e. The van der Waals surface area contributed by atoms with Crippen molar-refractivity contribution in [3.63, 3.8) is 0 Å². The summed E-state index contributed by atoms with van der Waals surface area (Å²) in [6, 6.07) is -1.26. The van der Waals surface area contributed by atoms with Crippen molar-refractivity contribution in [3.8, 4) is 0 Å². The Hall–Kier alpha value is -1.55. The van der Waals surface area contributed by atoms with Crippen molar-refractivity contribution in [1.29, 1.82) is 0 Å². The summed E-state index contributed by atoms with van der Waals surface area (Å²) >= 11 is 0. The van der Waals surface area contributed by atoms with Crippen LogP contribution in [-0.2, 0) is 9.59 Å². The molecular formula is C8H15N3O3. The van der Waals surface area contributed by atoms with Crippen molar-refractivity contribution >= 4 is 11.8 Å². The van der Waals surface area contributed by atoms with E-state index in [4.69, 9.17) is 10.6 Å². The summed E-state index contributed by atoms with van der Waals surface area (Å²) in [5.41, 5.74) is 7.95. The number of carboxylic acid groups (broad SMARTS) is 1. The lowest BCUT2D eigenvalue weighted by molar-refractivity contribution is -0.140. The SMILES string of the molecule is CC.CCC(=O)CC(N=[N+]=[N-])C(=O)O. The van der Waals surface area contributed by atoms with Crippen molar-refractivity contribution in [1.82, 2.24) is 0 Å². The van der Waals surface area contributed by atoms with E-state index in [0.717, 1.165) is 0 Å². The normalized spacial score (nSPS) is 10.2. The van der Waals surface area contributed by atoms with Gasteiger partial charge in [-0.1, -0.05) is 25.9 Å². The highest BCUT2D eigenvalue weighted by atomic mass is 16.4. The van der Waals surface area contributed by atoms with E-state index in [1.54, 1.807) is 6.92 Å². The molecule has 0 saturated heterocycles. The van der Waals surface area contributed by atoms with Gasteiger partial charge >= 0.3 is 5.97 Å². The molecule has 0 amide bonds. The van der Waals surface area contributed by atoms with Crippen LogP contribution in [0.25, 0.3) is 10.4 Å². The van der Waals surface area contributed by atoms with Crippen LogP contribution in [0.5, 0.6) is 0 Å². The van der Waals surface area contributed by atoms with E-state index < -0.39 is 12.0 Å². The number of carbonyl (C=O) groups is 2. The molecule has 0 aliphatic carbocycles. The zero-order valence-corrected chi connectivity index (χ0v) is 8.60. The first-order valence-electron chi connectivity index (χ1n) is 4.40. The van der Waals surface area contributed by atoms with Gasteiger partial charge in [-0.2, -0.15) is 0 Å². The third-order valence-corrected chi connectivity index (χ3v) is 1.29. The van der Waals surface area contributed by atoms with Crippen LogP contribution >= 0.6 is 0 Å². The van der Waals surface area contributed by atoms with Crippen molar-refractivity contribution < 1.29 is 14.7 Å². The molecule has 0 aromatic carbocycles. The largest absolute Gasteiger partial charge is 0.481 e. The van der Waals surface area contributed by atoms with E-state index in [2.05, 4.69) is 10.0 Å². The van der Waals surface area contributed by atoms with Crippen molar-refractivity contribution in [3.05, 3.63) is 10.4 Å². The molecule has 0 fully saturated rings. The Bertz CT molecular complexity index is 232. The molecule has 0 aromatic heterocycles. The molecule has 80 valence electrons. The van der Waals surface area contributed by atoms with Crippen LogP contribution in [0.4, 0.5) is 0 Å². The summed E-state index contributed by atoms with van der Waals surface area (Å²) < 4.78 is 0. The van der Waals surface area contributed by atoms with Gasteiger partial charge in [0.05, 0.1) is 0 Å². The first-order chi connectivity index (χ1) is 6.61. The second kappa shape index (κ2) is 9.54. The van der Waals surface area contributed by atoms with E-state index in [9.17, 15) is 9.59 Å². The number of azide groups is 1. The lowest BCUT2D eigenvalue weighted by Gasteiger charge is -2.01. The van der Waals surface area contributed by atoms with Gasteiger partial charge in [0, 0.05) is 17.8 Å². The Labute approximate surface area is 82.6 Å². The zero-order chi connectivity index (χ0) is 11.6. The predicted octanol–water partition coefficient (Wildman–Crippen LogP) is 2.15. The Kier molecular flexibility index (Phi) is 10.2. The summed E-state index contributed by atoms with van der Waals surface area (Å²) in [4.78, 5) is 23.4. The lowest BCUT2D eigenvalue weighted by Crippen LogP contribution is -2.20. The van der Waals surface area contributed by atoms with E-state index >= 15 is 0 Å². The molecule has 0 spiro atoms. The smallest absolute Gasteiger partial charge is 0.312 e. The first-order valence-corrected chi connectivity index (χ1v) is 4.40. The van der Waals surface area contributed by atoms with Crippen molar-refractivity contribution in [2.45, 2.75) is 39.7 Å². The molecule has 0 aliphatic heterocycles. The molecule has 6 nitrogen and oxygen atoms in total. The van der Waals surface area contributed by atoms with Gasteiger partial charge in [-0.05, 0) is 5.53 Å². The van der Waals surface area contributed by atoms with E-state index in [1.807, 2.05) is 13.8 Å². The Morgan fingerprint density at radius 3 is 2.29 bits per heavy atom. The summed E-state index contributed by atoms with van der Waals surface area (Å²) in [6.07, 6.45) is 0.0284. The predicted molar refractivity (Wildman–Crippen MR) is 51.8 cm³/mol. The standard InChI is InChI=1S/C6H9N3O3.C2H6/c1-2-4(10)3-5(6(11)12)8-9-7;1-2/h5H,2-3H2,1H3,(H,11,12);1-2H3. The van der Waals surface area contributed by atoms with Crippen LogP contribution < -0.4 is 0 Å². The molecule has 0 saturated carbocycles. The second-order valence-corrected chi connectivity index (χ2v) is 2.16. The quantitative estimate of drug-likeness (QED) is 0.418. The number of hydrogen-bond acceptors (Lipinski definition) is 3. The number of hydrogen-bond donors (Lipinski definition) is 1. The molecule has 1 unspecified atom stereocenters. The molecular weight excluding hydrogens is 186 g/mol. The van der Waals surface area contributed by atoms with Crippen molar-refractivity contribution in [2.24, 2.45) is 5.11 Å². The minimum Gasteiger partial charge on any atom is -0.481 e. The molecule has 0 aromatic rings. The topological polar surface area (TPSA) is 103 Å². The molecule has 6 heteroatoms. The fourth-order valence-electron chi connectivity index (χ4n) is 0.600. The number of aliphatic carboxylic acids is 1. The van der Waals surface area contributed by atoms with Crippen LogP contribution in [0.15, 0.2) is 5.11 Å². The van der Waals surface area contributed by atoms with Gasteiger partial charge in [-0.25, -0.2) is 0 Å². The number of Topliss-reactive ketones (excluding diaryl/α,β-unsaturated/α-hetero) is 1. The number of ketones is 1. The highest BCUT2D eigenvalue weighted by Gasteiger charge is 2.18. The number of carboxylic acids is 1. The van der Waals surface area contributed by atoms with Gasteiger partial charge in [-0.3, -0.25) is 9.59 Å². The minimum atomic E-state index is -1.27. The van der Waals surface area contributed by atoms with Gasteiger partial charge in [0.25, 0.3) is 0 Å². The number of carbonyl (C=O) groups excluding carboxylic acids is 1. The monoisotopic (exact) mass is 201 g/mol. The summed E-state index contributed by atoms with van der Waals surface area (Å²) in [5.74, 6) is -1.50. The number of rotatable bonds is 5. The average molecular weight is 201 g/mol. The molecule has 0 heterocycles. The van der Waals surface area contributed by atoms with Gasteiger partial charge in [-0.15, -0.1) is 0 Å². The fraction of sp³-hybridized carbons (Fsp3) is 0.750. The van der Waals surface area contributed by atoms with Crippen LogP contribution in [0.2, 0.25) is 0 Å². The highest BCUT2D eigenvalue weighted by molar-refractivity contribution is 5.85. The van der Waals surface area contributed by atoms with Crippen LogP contribution in [0, 0.1) is 0 Å². The third kappa shape index (κ3) is 7.12. The number of nitrogens with zero attached hydrogens (tertiary/aromatic N) is 3. The zero-order valence-electron chi connectivity index (χ0n) is 8.60.